The number of amides is 1. The number of aliphatic imine (C=N–C) groups is 1. The maximum atomic E-state index is 12.9. The number of ether oxygens (including phenoxy) is 3. The van der Waals surface area contributed by atoms with Gasteiger partial charge in [-0.05, 0) is 76.0 Å². The molecule has 0 saturated carbocycles. The molecule has 1 amide bonds. The molecule has 1 N–H and O–H groups in total. The Labute approximate surface area is 243 Å². The van der Waals surface area contributed by atoms with Gasteiger partial charge in [0.1, 0.15) is 24.8 Å². The zero-order valence-electron chi connectivity index (χ0n) is 21.0. The molecule has 0 unspecified atom stereocenters. The molecule has 7 nitrogen and oxygen atoms in total. The molecule has 0 aromatic heterocycles. The Morgan fingerprint density at radius 2 is 1.87 bits per heavy atom. The van der Waals surface area contributed by atoms with Crippen molar-refractivity contribution in [2.45, 2.75) is 6.92 Å². The summed E-state index contributed by atoms with van der Waals surface area (Å²) in [5.41, 5.74) is 3.52. The van der Waals surface area contributed by atoms with Crippen LogP contribution in [-0.2, 0) is 4.79 Å². The van der Waals surface area contributed by atoms with Crippen LogP contribution >= 0.6 is 39.3 Å². The lowest BCUT2D eigenvalue weighted by atomic mass is 10.1. The molecule has 0 spiro atoms. The largest absolute Gasteiger partial charge is 0.493 e. The van der Waals surface area contributed by atoms with Crippen LogP contribution < -0.4 is 14.2 Å². The SMILES string of the molecule is COc1cc(/C=C2/C(=N)N3C(c4ccccc4)=CSC3=NC2=O)cc(Br)c1OCCOc1ccc(Cl)c(C)c1. The number of benzene rings is 3. The van der Waals surface area contributed by atoms with E-state index in [2.05, 4.69) is 20.9 Å². The monoisotopic (exact) mass is 623 g/mol. The van der Waals surface area contributed by atoms with E-state index in [1.165, 1.54) is 11.8 Å². The number of halogens is 2. The minimum atomic E-state index is -0.466. The molecule has 0 radical (unpaired) electrons. The molecule has 39 heavy (non-hydrogen) atoms. The molecule has 0 bridgehead atoms. The minimum Gasteiger partial charge on any atom is -0.493 e. The van der Waals surface area contributed by atoms with Crippen LogP contribution in [0.15, 0.2) is 81.1 Å². The maximum absolute atomic E-state index is 12.9. The third kappa shape index (κ3) is 5.75. The fraction of sp³-hybridized carbons (Fsp3) is 0.138. The quantitative estimate of drug-likeness (QED) is 0.211. The molecule has 0 saturated heterocycles. The Hall–Kier alpha value is -3.53. The van der Waals surface area contributed by atoms with Crippen molar-refractivity contribution >= 4 is 68.0 Å². The number of amidine groups is 2. The van der Waals surface area contributed by atoms with Crippen LogP contribution in [0, 0.1) is 12.3 Å². The van der Waals surface area contributed by atoms with Gasteiger partial charge in [-0.25, -0.2) is 0 Å². The van der Waals surface area contributed by atoms with Crippen LogP contribution in [0.4, 0.5) is 0 Å². The second kappa shape index (κ2) is 11.7. The maximum Gasteiger partial charge on any atom is 0.283 e. The fourth-order valence-electron chi connectivity index (χ4n) is 4.05. The number of nitrogens with zero attached hydrogens (tertiary/aromatic N) is 2. The summed E-state index contributed by atoms with van der Waals surface area (Å²) in [4.78, 5) is 18.8. The first-order valence-corrected chi connectivity index (χ1v) is 14.0. The van der Waals surface area contributed by atoms with E-state index in [1.54, 1.807) is 36.3 Å². The number of methoxy groups -OCH3 is 1. The van der Waals surface area contributed by atoms with Gasteiger partial charge in [0.25, 0.3) is 5.91 Å². The summed E-state index contributed by atoms with van der Waals surface area (Å²) in [5, 5.41) is 11.9. The number of hydrogen-bond acceptors (Lipinski definition) is 6. The average molecular weight is 625 g/mol. The number of rotatable bonds is 8. The van der Waals surface area contributed by atoms with Gasteiger partial charge in [-0.1, -0.05) is 53.7 Å². The smallest absolute Gasteiger partial charge is 0.283 e. The standard InChI is InChI=1S/C29H23BrClN3O4S/c1-17-12-20(8-9-23(17)31)37-10-11-38-26-22(30)14-18(15-25(26)36-2)13-21-27(32)34-24(19-6-4-3-5-7-19)16-39-29(34)33-28(21)35/h3-9,12-16,32H,10-11H2,1-2H3/b21-13-,32-27?. The van der Waals surface area contributed by atoms with Gasteiger partial charge in [-0.3, -0.25) is 15.1 Å². The molecule has 2 aliphatic heterocycles. The van der Waals surface area contributed by atoms with E-state index in [0.717, 1.165) is 16.8 Å². The van der Waals surface area contributed by atoms with E-state index in [9.17, 15) is 4.79 Å². The molecule has 5 rings (SSSR count). The van der Waals surface area contributed by atoms with Gasteiger partial charge in [0, 0.05) is 10.4 Å². The highest BCUT2D eigenvalue weighted by molar-refractivity contribution is 9.10. The Bertz CT molecular complexity index is 1560. The zero-order chi connectivity index (χ0) is 27.5. The summed E-state index contributed by atoms with van der Waals surface area (Å²) in [6.07, 6.45) is 1.64. The first-order valence-electron chi connectivity index (χ1n) is 11.9. The molecule has 2 aliphatic rings. The van der Waals surface area contributed by atoms with Gasteiger partial charge >= 0.3 is 0 Å². The predicted octanol–water partition coefficient (Wildman–Crippen LogP) is 7.18. The topological polar surface area (TPSA) is 84.2 Å². The molecule has 198 valence electrons. The van der Waals surface area contributed by atoms with Crippen molar-refractivity contribution in [2.75, 3.05) is 20.3 Å². The lowest BCUT2D eigenvalue weighted by molar-refractivity contribution is -0.114. The summed E-state index contributed by atoms with van der Waals surface area (Å²) in [6.45, 7) is 2.51. The van der Waals surface area contributed by atoms with E-state index in [-0.39, 0.29) is 18.0 Å². The molecule has 10 heteroatoms. The normalized spacial score (nSPS) is 15.7. The molecule has 0 fully saturated rings. The number of aryl methyl sites for hydroxylation is 1. The zero-order valence-corrected chi connectivity index (χ0v) is 24.2. The highest BCUT2D eigenvalue weighted by atomic mass is 79.9. The third-order valence-corrected chi connectivity index (χ3v) is 7.81. The van der Waals surface area contributed by atoms with Crippen molar-refractivity contribution in [3.63, 3.8) is 0 Å². The van der Waals surface area contributed by atoms with Crippen LogP contribution in [-0.4, -0.2) is 42.1 Å². The third-order valence-electron chi connectivity index (χ3n) is 5.97. The fourth-order valence-corrected chi connectivity index (χ4v) is 5.64. The summed E-state index contributed by atoms with van der Waals surface area (Å²) >= 11 is 11.0. The molecular weight excluding hydrogens is 602 g/mol. The van der Waals surface area contributed by atoms with Crippen molar-refractivity contribution in [1.29, 1.82) is 5.41 Å². The van der Waals surface area contributed by atoms with E-state index < -0.39 is 5.91 Å². The van der Waals surface area contributed by atoms with Crippen LogP contribution in [0.3, 0.4) is 0 Å². The summed E-state index contributed by atoms with van der Waals surface area (Å²) < 4.78 is 17.9. The first-order chi connectivity index (χ1) is 18.9. The van der Waals surface area contributed by atoms with Gasteiger partial charge in [-0.15, -0.1) is 0 Å². The lowest BCUT2D eigenvalue weighted by Crippen LogP contribution is -2.38. The van der Waals surface area contributed by atoms with Crippen molar-refractivity contribution in [3.05, 3.63) is 97.8 Å². The molecule has 3 aromatic rings. The van der Waals surface area contributed by atoms with Crippen molar-refractivity contribution in [3.8, 4) is 17.2 Å². The number of nitrogens with one attached hydrogen (secondary N) is 1. The van der Waals surface area contributed by atoms with Gasteiger partial charge in [0.2, 0.25) is 0 Å². The van der Waals surface area contributed by atoms with E-state index >= 15 is 0 Å². The van der Waals surface area contributed by atoms with Gasteiger partial charge < -0.3 is 14.2 Å². The number of carbonyl (C=O) groups excluding carboxylic acids is 1. The molecular formula is C29H23BrClN3O4S. The molecule has 0 aliphatic carbocycles. The molecule has 2 heterocycles. The Balaban J connectivity index is 1.33. The molecule has 3 aromatic carbocycles. The minimum absolute atomic E-state index is 0.0649. The predicted molar refractivity (Wildman–Crippen MR) is 160 cm³/mol. The number of fused-ring (bicyclic) bond motifs is 1. The van der Waals surface area contributed by atoms with Crippen LogP contribution in [0.1, 0.15) is 16.7 Å². The van der Waals surface area contributed by atoms with E-state index in [0.29, 0.717) is 44.1 Å². The number of thioether (sulfide) groups is 1. The second-order valence-electron chi connectivity index (χ2n) is 8.57. The van der Waals surface area contributed by atoms with Crippen LogP contribution in [0.5, 0.6) is 17.2 Å². The highest BCUT2D eigenvalue weighted by Gasteiger charge is 2.36. The van der Waals surface area contributed by atoms with Crippen LogP contribution in [0.2, 0.25) is 5.02 Å². The van der Waals surface area contributed by atoms with Crippen molar-refractivity contribution < 1.29 is 19.0 Å². The Morgan fingerprint density at radius 1 is 1.10 bits per heavy atom. The Morgan fingerprint density at radius 3 is 2.62 bits per heavy atom. The molecule has 0 atom stereocenters. The summed E-state index contributed by atoms with van der Waals surface area (Å²) in [5.74, 6) is 1.28. The van der Waals surface area contributed by atoms with Crippen LogP contribution in [0.25, 0.3) is 11.8 Å². The number of hydrogen-bond donors (Lipinski definition) is 1. The summed E-state index contributed by atoms with van der Waals surface area (Å²) in [7, 11) is 1.54. The van der Waals surface area contributed by atoms with Gasteiger partial charge in [-0.2, -0.15) is 4.99 Å². The van der Waals surface area contributed by atoms with Crippen molar-refractivity contribution in [1.82, 2.24) is 4.90 Å². The van der Waals surface area contributed by atoms with E-state index in [1.807, 2.05) is 54.8 Å². The van der Waals surface area contributed by atoms with Crippen molar-refractivity contribution in [2.24, 2.45) is 4.99 Å². The van der Waals surface area contributed by atoms with E-state index in [4.69, 9.17) is 31.2 Å². The second-order valence-corrected chi connectivity index (χ2v) is 10.7. The summed E-state index contributed by atoms with van der Waals surface area (Å²) in [6, 6.07) is 18.8. The lowest BCUT2D eigenvalue weighted by Gasteiger charge is -2.27. The van der Waals surface area contributed by atoms with Gasteiger partial charge in [0.15, 0.2) is 16.7 Å². The van der Waals surface area contributed by atoms with Gasteiger partial charge in [0.05, 0.1) is 22.9 Å². The first kappa shape index (κ1) is 27.1. The number of carbonyl (C=O) groups is 1. The highest BCUT2D eigenvalue weighted by Crippen LogP contribution is 2.39. The average Bonchev–Trinajstić information content (AvgIpc) is 3.36. The Kier molecular flexibility index (Phi) is 8.11.